The number of aryl methyl sites for hydroxylation is 1. The van der Waals surface area contributed by atoms with Crippen LogP contribution in [0.25, 0.3) is 11.0 Å². The molecule has 1 aliphatic rings. The van der Waals surface area contributed by atoms with Crippen LogP contribution in [0.15, 0.2) is 43.1 Å². The highest BCUT2D eigenvalue weighted by Gasteiger charge is 2.20. The molecule has 0 N–H and O–H groups in total. The van der Waals surface area contributed by atoms with Crippen molar-refractivity contribution in [2.75, 3.05) is 31.1 Å². The van der Waals surface area contributed by atoms with E-state index in [2.05, 4.69) is 36.9 Å². The van der Waals surface area contributed by atoms with Crippen molar-refractivity contribution in [3.8, 4) is 0 Å². The number of hydrogen-bond donors (Lipinski definition) is 0. The van der Waals surface area contributed by atoms with Gasteiger partial charge in [-0.15, -0.1) is 0 Å². The number of hydrogen-bond acceptors (Lipinski definition) is 5. The first-order chi connectivity index (χ1) is 11.3. The predicted octanol–water partition coefficient (Wildman–Crippen LogP) is 1.69. The van der Waals surface area contributed by atoms with Crippen LogP contribution >= 0.6 is 0 Å². The summed E-state index contributed by atoms with van der Waals surface area (Å²) in [5.74, 6) is 1.05. The SMILES string of the molecule is Cn1ccc2c(N3CCN(Cc4cccnc4)CC3)ncnc21. The van der Waals surface area contributed by atoms with Gasteiger partial charge in [-0.1, -0.05) is 6.07 Å². The molecule has 3 aromatic heterocycles. The molecular formula is C17H20N6. The molecule has 3 aromatic rings. The molecule has 23 heavy (non-hydrogen) atoms. The number of anilines is 1. The minimum absolute atomic E-state index is 0.964. The van der Waals surface area contributed by atoms with Gasteiger partial charge in [0.1, 0.15) is 17.8 Å². The standard InChI is InChI=1S/C17H20N6/c1-21-6-4-15-16(21)19-13-20-17(15)23-9-7-22(8-10-23)12-14-3-2-5-18-11-14/h2-6,11,13H,7-10,12H2,1H3. The Labute approximate surface area is 135 Å². The second-order valence-electron chi connectivity index (χ2n) is 5.99. The van der Waals surface area contributed by atoms with Crippen LogP contribution < -0.4 is 4.90 Å². The van der Waals surface area contributed by atoms with E-state index in [-0.39, 0.29) is 0 Å². The van der Waals surface area contributed by atoms with Gasteiger partial charge in [0.05, 0.1) is 5.39 Å². The summed E-state index contributed by atoms with van der Waals surface area (Å²) in [4.78, 5) is 17.9. The maximum absolute atomic E-state index is 4.53. The van der Waals surface area contributed by atoms with Crippen molar-refractivity contribution in [1.82, 2.24) is 24.4 Å². The van der Waals surface area contributed by atoms with Gasteiger partial charge < -0.3 is 9.47 Å². The third kappa shape index (κ3) is 2.77. The second-order valence-corrected chi connectivity index (χ2v) is 5.99. The van der Waals surface area contributed by atoms with Crippen LogP contribution in [0.1, 0.15) is 5.56 Å². The molecule has 6 nitrogen and oxygen atoms in total. The van der Waals surface area contributed by atoms with Crippen molar-refractivity contribution >= 4 is 16.9 Å². The Morgan fingerprint density at radius 2 is 1.96 bits per heavy atom. The smallest absolute Gasteiger partial charge is 0.145 e. The molecule has 0 aliphatic carbocycles. The zero-order valence-electron chi connectivity index (χ0n) is 13.3. The number of rotatable bonds is 3. The number of fused-ring (bicyclic) bond motifs is 1. The first-order valence-electron chi connectivity index (χ1n) is 7.93. The lowest BCUT2D eigenvalue weighted by Gasteiger charge is -2.35. The largest absolute Gasteiger partial charge is 0.353 e. The molecule has 6 heteroatoms. The Hall–Kier alpha value is -2.47. The van der Waals surface area contributed by atoms with Gasteiger partial charge in [-0.05, 0) is 17.7 Å². The van der Waals surface area contributed by atoms with Crippen LogP contribution in [0.2, 0.25) is 0 Å². The second kappa shape index (κ2) is 5.96. The van der Waals surface area contributed by atoms with Crippen molar-refractivity contribution in [1.29, 1.82) is 0 Å². The van der Waals surface area contributed by atoms with Crippen molar-refractivity contribution in [3.05, 3.63) is 48.7 Å². The Kier molecular flexibility index (Phi) is 3.67. The lowest BCUT2D eigenvalue weighted by molar-refractivity contribution is 0.249. The highest BCUT2D eigenvalue weighted by atomic mass is 15.3. The zero-order valence-corrected chi connectivity index (χ0v) is 13.3. The van der Waals surface area contributed by atoms with Gasteiger partial charge in [0.15, 0.2) is 0 Å². The van der Waals surface area contributed by atoms with Crippen LogP contribution in [0, 0.1) is 0 Å². The molecule has 4 rings (SSSR count). The van der Waals surface area contributed by atoms with E-state index in [4.69, 9.17) is 0 Å². The molecule has 0 unspecified atom stereocenters. The fraction of sp³-hybridized carbons (Fsp3) is 0.353. The van der Waals surface area contributed by atoms with Gasteiger partial charge in [0.25, 0.3) is 0 Å². The monoisotopic (exact) mass is 308 g/mol. The van der Waals surface area contributed by atoms with Crippen LogP contribution in [-0.2, 0) is 13.6 Å². The molecule has 1 saturated heterocycles. The maximum atomic E-state index is 4.53. The highest BCUT2D eigenvalue weighted by molar-refractivity contribution is 5.87. The van der Waals surface area contributed by atoms with Crippen molar-refractivity contribution in [2.45, 2.75) is 6.54 Å². The molecule has 0 aromatic carbocycles. The third-order valence-corrected chi connectivity index (χ3v) is 4.44. The van der Waals surface area contributed by atoms with Crippen molar-refractivity contribution < 1.29 is 0 Å². The summed E-state index contributed by atoms with van der Waals surface area (Å²) >= 11 is 0. The van der Waals surface area contributed by atoms with Gasteiger partial charge in [-0.25, -0.2) is 9.97 Å². The van der Waals surface area contributed by atoms with Gasteiger partial charge >= 0.3 is 0 Å². The summed E-state index contributed by atoms with van der Waals surface area (Å²) in [6.07, 6.45) is 7.48. The Morgan fingerprint density at radius 3 is 2.74 bits per heavy atom. The number of nitrogens with zero attached hydrogens (tertiary/aromatic N) is 6. The summed E-state index contributed by atoms with van der Waals surface area (Å²) in [5.41, 5.74) is 2.27. The van der Waals surface area contributed by atoms with E-state index in [0.29, 0.717) is 0 Å². The van der Waals surface area contributed by atoms with Crippen LogP contribution in [0.4, 0.5) is 5.82 Å². The number of aromatic nitrogens is 4. The van der Waals surface area contributed by atoms with Gasteiger partial charge in [-0.2, -0.15) is 0 Å². The Balaban J connectivity index is 1.47. The molecule has 0 amide bonds. The fourth-order valence-corrected chi connectivity index (χ4v) is 3.18. The van der Waals surface area contributed by atoms with Gasteiger partial charge in [0, 0.05) is 58.4 Å². The van der Waals surface area contributed by atoms with Crippen molar-refractivity contribution in [2.24, 2.45) is 7.05 Å². The summed E-state index contributed by atoms with van der Waals surface area (Å²) in [6, 6.07) is 6.24. The van der Waals surface area contributed by atoms with E-state index in [1.165, 1.54) is 5.56 Å². The van der Waals surface area contributed by atoms with Crippen molar-refractivity contribution in [3.63, 3.8) is 0 Å². The number of piperazine rings is 1. The summed E-state index contributed by atoms with van der Waals surface area (Å²) < 4.78 is 2.04. The van der Waals surface area contributed by atoms with Crippen LogP contribution in [0.3, 0.4) is 0 Å². The lowest BCUT2D eigenvalue weighted by Crippen LogP contribution is -2.46. The molecule has 0 saturated carbocycles. The highest BCUT2D eigenvalue weighted by Crippen LogP contribution is 2.24. The molecular weight excluding hydrogens is 288 g/mol. The summed E-state index contributed by atoms with van der Waals surface area (Å²) in [5, 5.41) is 1.13. The molecule has 0 atom stereocenters. The minimum atomic E-state index is 0.964. The maximum Gasteiger partial charge on any atom is 0.145 e. The average molecular weight is 308 g/mol. The minimum Gasteiger partial charge on any atom is -0.353 e. The summed E-state index contributed by atoms with van der Waals surface area (Å²) in [6.45, 7) is 5.01. The quantitative estimate of drug-likeness (QED) is 0.737. The number of pyridine rings is 1. The Bertz CT molecular complexity index is 789. The van der Waals surface area contributed by atoms with E-state index >= 15 is 0 Å². The van der Waals surface area contributed by atoms with E-state index in [1.807, 2.05) is 36.3 Å². The molecule has 4 heterocycles. The third-order valence-electron chi connectivity index (χ3n) is 4.44. The van der Waals surface area contributed by atoms with E-state index < -0.39 is 0 Å². The van der Waals surface area contributed by atoms with E-state index in [9.17, 15) is 0 Å². The molecule has 118 valence electrons. The molecule has 0 bridgehead atoms. The van der Waals surface area contributed by atoms with Crippen LogP contribution in [0.5, 0.6) is 0 Å². The molecule has 1 aliphatic heterocycles. The van der Waals surface area contributed by atoms with Crippen LogP contribution in [-0.4, -0.2) is 50.6 Å². The van der Waals surface area contributed by atoms with Gasteiger partial charge in [0.2, 0.25) is 0 Å². The van der Waals surface area contributed by atoms with E-state index in [1.54, 1.807) is 6.33 Å². The lowest BCUT2D eigenvalue weighted by atomic mass is 10.2. The summed E-state index contributed by atoms with van der Waals surface area (Å²) in [7, 11) is 2.02. The first-order valence-corrected chi connectivity index (χ1v) is 7.93. The molecule has 0 spiro atoms. The predicted molar refractivity (Wildman–Crippen MR) is 90.2 cm³/mol. The molecule has 1 fully saturated rings. The average Bonchev–Trinajstić information content (AvgIpc) is 2.98. The molecule has 0 radical (unpaired) electrons. The first kappa shape index (κ1) is 14.1. The fourth-order valence-electron chi connectivity index (χ4n) is 3.18. The topological polar surface area (TPSA) is 50.1 Å². The van der Waals surface area contributed by atoms with E-state index in [0.717, 1.165) is 49.6 Å². The van der Waals surface area contributed by atoms with Gasteiger partial charge in [-0.3, -0.25) is 9.88 Å². The normalized spacial score (nSPS) is 16.1. The zero-order chi connectivity index (χ0) is 15.6. The Morgan fingerprint density at radius 1 is 1.09 bits per heavy atom.